The van der Waals surface area contributed by atoms with Gasteiger partial charge in [0.1, 0.15) is 0 Å². The molecule has 92 valence electrons. The maximum atomic E-state index is 12.2. The zero-order chi connectivity index (χ0) is 12.4. The molecule has 1 saturated heterocycles. The summed E-state index contributed by atoms with van der Waals surface area (Å²) in [5.41, 5.74) is 0.981. The summed E-state index contributed by atoms with van der Waals surface area (Å²) >= 11 is 0. The maximum absolute atomic E-state index is 12.2. The number of rotatable bonds is 2. The minimum Gasteiger partial charge on any atom is -0.459 e. The maximum Gasteiger partial charge on any atom is 0.291 e. The highest BCUT2D eigenvalue weighted by Gasteiger charge is 2.32. The summed E-state index contributed by atoms with van der Waals surface area (Å²) in [7, 11) is 0. The molecule has 1 aliphatic heterocycles. The first kappa shape index (κ1) is 11.0. The van der Waals surface area contributed by atoms with Crippen LogP contribution in [0.5, 0.6) is 0 Å². The molecule has 1 unspecified atom stereocenters. The minimum atomic E-state index is -0.316. The van der Waals surface area contributed by atoms with Crippen LogP contribution in [0, 0.1) is 0 Å². The number of ether oxygens (including phenoxy) is 1. The van der Waals surface area contributed by atoms with Gasteiger partial charge in [-0.15, -0.1) is 0 Å². The van der Waals surface area contributed by atoms with Crippen LogP contribution in [0.15, 0.2) is 53.1 Å². The van der Waals surface area contributed by atoms with Crippen LogP contribution in [0.1, 0.15) is 22.3 Å². The van der Waals surface area contributed by atoms with Gasteiger partial charge in [0.15, 0.2) is 12.0 Å². The molecule has 1 fully saturated rings. The topological polar surface area (TPSA) is 42.7 Å². The van der Waals surface area contributed by atoms with Crippen molar-refractivity contribution in [2.45, 2.75) is 6.23 Å². The van der Waals surface area contributed by atoms with E-state index in [0.717, 1.165) is 5.56 Å². The van der Waals surface area contributed by atoms with Crippen molar-refractivity contribution in [1.29, 1.82) is 0 Å². The molecule has 1 aromatic carbocycles. The Morgan fingerprint density at radius 1 is 1.17 bits per heavy atom. The lowest BCUT2D eigenvalue weighted by Gasteiger charge is -2.22. The average Bonchev–Trinajstić information content (AvgIpc) is 3.10. The van der Waals surface area contributed by atoms with E-state index in [-0.39, 0.29) is 12.1 Å². The van der Waals surface area contributed by atoms with Gasteiger partial charge >= 0.3 is 0 Å². The summed E-state index contributed by atoms with van der Waals surface area (Å²) in [6.07, 6.45) is 1.19. The molecule has 1 aliphatic rings. The van der Waals surface area contributed by atoms with Gasteiger partial charge in [0, 0.05) is 12.1 Å². The summed E-state index contributed by atoms with van der Waals surface area (Å²) in [5.74, 6) is 0.216. The number of nitrogens with zero attached hydrogens (tertiary/aromatic N) is 1. The molecular weight excluding hydrogens is 230 g/mol. The Labute approximate surface area is 105 Å². The van der Waals surface area contributed by atoms with Gasteiger partial charge in [0.25, 0.3) is 5.91 Å². The summed E-state index contributed by atoms with van der Waals surface area (Å²) in [5, 5.41) is 0. The van der Waals surface area contributed by atoms with Crippen LogP contribution < -0.4 is 0 Å². The second-order valence-electron chi connectivity index (χ2n) is 4.11. The summed E-state index contributed by atoms with van der Waals surface area (Å²) in [6.45, 7) is 1.13. The Morgan fingerprint density at radius 2 is 2.00 bits per heavy atom. The van der Waals surface area contributed by atoms with E-state index in [9.17, 15) is 4.79 Å². The zero-order valence-corrected chi connectivity index (χ0v) is 9.78. The Hall–Kier alpha value is -2.07. The predicted molar refractivity (Wildman–Crippen MR) is 64.9 cm³/mol. The molecule has 0 radical (unpaired) electrons. The first-order chi connectivity index (χ1) is 8.86. The fourth-order valence-corrected chi connectivity index (χ4v) is 2.11. The molecule has 2 aromatic rings. The monoisotopic (exact) mass is 243 g/mol. The van der Waals surface area contributed by atoms with Gasteiger partial charge in [0.2, 0.25) is 0 Å². The third-order valence-corrected chi connectivity index (χ3v) is 2.97. The lowest BCUT2D eigenvalue weighted by Crippen LogP contribution is -2.30. The fraction of sp³-hybridized carbons (Fsp3) is 0.214. The van der Waals surface area contributed by atoms with E-state index in [1.165, 1.54) is 6.26 Å². The molecule has 3 rings (SSSR count). The number of hydrogen-bond acceptors (Lipinski definition) is 3. The van der Waals surface area contributed by atoms with E-state index in [2.05, 4.69) is 0 Å². The molecule has 1 aromatic heterocycles. The Kier molecular flexibility index (Phi) is 2.86. The Morgan fingerprint density at radius 3 is 2.72 bits per heavy atom. The van der Waals surface area contributed by atoms with Crippen molar-refractivity contribution in [1.82, 2.24) is 4.90 Å². The van der Waals surface area contributed by atoms with Crippen LogP contribution in [0.4, 0.5) is 0 Å². The molecule has 4 heteroatoms. The van der Waals surface area contributed by atoms with Crippen LogP contribution in [-0.2, 0) is 4.74 Å². The van der Waals surface area contributed by atoms with Gasteiger partial charge in [-0.1, -0.05) is 30.3 Å². The number of amides is 1. The predicted octanol–water partition coefficient (Wildman–Crippen LogP) is 2.45. The summed E-state index contributed by atoms with van der Waals surface area (Å²) in [4.78, 5) is 13.9. The molecule has 1 atom stereocenters. The van der Waals surface area contributed by atoms with Gasteiger partial charge in [-0.3, -0.25) is 4.79 Å². The SMILES string of the molecule is O=C(c1ccco1)N1CCOC1c1ccccc1. The number of furan rings is 1. The molecular formula is C14H13NO3. The number of carbonyl (C=O) groups is 1. The molecule has 18 heavy (non-hydrogen) atoms. The van der Waals surface area contributed by atoms with Crippen LogP contribution in [0.3, 0.4) is 0 Å². The average molecular weight is 243 g/mol. The second-order valence-corrected chi connectivity index (χ2v) is 4.11. The van der Waals surface area contributed by atoms with E-state index >= 15 is 0 Å². The molecule has 1 amide bonds. The second kappa shape index (κ2) is 4.66. The van der Waals surface area contributed by atoms with E-state index in [1.54, 1.807) is 17.0 Å². The molecule has 0 spiro atoms. The smallest absolute Gasteiger partial charge is 0.291 e. The van der Waals surface area contributed by atoms with Gasteiger partial charge in [-0.05, 0) is 12.1 Å². The Balaban J connectivity index is 1.86. The van der Waals surface area contributed by atoms with Gasteiger partial charge in [0.05, 0.1) is 12.9 Å². The van der Waals surface area contributed by atoms with Crippen molar-refractivity contribution in [3.63, 3.8) is 0 Å². The van der Waals surface area contributed by atoms with Crippen molar-refractivity contribution in [3.05, 3.63) is 60.1 Å². The van der Waals surface area contributed by atoms with Gasteiger partial charge in [-0.2, -0.15) is 0 Å². The lowest BCUT2D eigenvalue weighted by molar-refractivity contribution is 0.0252. The molecule has 0 bridgehead atoms. The zero-order valence-electron chi connectivity index (χ0n) is 9.78. The van der Waals surface area contributed by atoms with Crippen molar-refractivity contribution in [2.24, 2.45) is 0 Å². The molecule has 0 aliphatic carbocycles. The van der Waals surface area contributed by atoms with Crippen LogP contribution in [0.2, 0.25) is 0 Å². The molecule has 0 N–H and O–H groups in total. The largest absolute Gasteiger partial charge is 0.459 e. The minimum absolute atomic E-state index is 0.133. The van der Waals surface area contributed by atoms with Crippen molar-refractivity contribution >= 4 is 5.91 Å². The van der Waals surface area contributed by atoms with Gasteiger partial charge in [-0.25, -0.2) is 0 Å². The van der Waals surface area contributed by atoms with E-state index < -0.39 is 0 Å². The summed E-state index contributed by atoms with van der Waals surface area (Å²) in [6, 6.07) is 13.1. The van der Waals surface area contributed by atoms with E-state index in [4.69, 9.17) is 9.15 Å². The molecule has 2 heterocycles. The summed E-state index contributed by atoms with van der Waals surface area (Å²) < 4.78 is 10.8. The first-order valence-corrected chi connectivity index (χ1v) is 5.87. The highest BCUT2D eigenvalue weighted by Crippen LogP contribution is 2.28. The fourth-order valence-electron chi connectivity index (χ4n) is 2.11. The van der Waals surface area contributed by atoms with Crippen molar-refractivity contribution in [2.75, 3.05) is 13.2 Å². The number of benzene rings is 1. The van der Waals surface area contributed by atoms with Crippen LogP contribution >= 0.6 is 0 Å². The standard InChI is InChI=1S/C14H13NO3/c16-13(12-7-4-9-17-12)15-8-10-18-14(15)11-5-2-1-3-6-11/h1-7,9,14H,8,10H2. The van der Waals surface area contributed by atoms with Gasteiger partial charge < -0.3 is 14.1 Å². The first-order valence-electron chi connectivity index (χ1n) is 5.87. The third kappa shape index (κ3) is 1.91. The normalized spacial score (nSPS) is 19.1. The lowest BCUT2D eigenvalue weighted by atomic mass is 10.2. The Bertz CT molecular complexity index is 521. The number of carbonyl (C=O) groups excluding carboxylic acids is 1. The third-order valence-electron chi connectivity index (χ3n) is 2.97. The number of hydrogen-bond donors (Lipinski definition) is 0. The van der Waals surface area contributed by atoms with E-state index in [0.29, 0.717) is 18.9 Å². The van der Waals surface area contributed by atoms with Crippen LogP contribution in [0.25, 0.3) is 0 Å². The van der Waals surface area contributed by atoms with Crippen LogP contribution in [-0.4, -0.2) is 24.0 Å². The molecule has 4 nitrogen and oxygen atoms in total. The quantitative estimate of drug-likeness (QED) is 0.813. The van der Waals surface area contributed by atoms with Crippen molar-refractivity contribution in [3.8, 4) is 0 Å². The highest BCUT2D eigenvalue weighted by molar-refractivity contribution is 5.91. The van der Waals surface area contributed by atoms with E-state index in [1.807, 2.05) is 30.3 Å². The van der Waals surface area contributed by atoms with Crippen molar-refractivity contribution < 1.29 is 13.9 Å². The molecule has 0 saturated carbocycles. The highest BCUT2D eigenvalue weighted by atomic mass is 16.5.